The fourth-order valence-corrected chi connectivity index (χ4v) is 2.43. The maximum atomic E-state index is 12.9. The lowest BCUT2D eigenvalue weighted by molar-refractivity contribution is 0.173. The maximum absolute atomic E-state index is 12.9. The molecule has 0 amide bonds. The Morgan fingerprint density at radius 3 is 2.70 bits per heavy atom. The van der Waals surface area contributed by atoms with Gasteiger partial charge in [0.05, 0.1) is 19.8 Å². The van der Waals surface area contributed by atoms with E-state index in [4.69, 9.17) is 9.15 Å². The van der Waals surface area contributed by atoms with Crippen molar-refractivity contribution in [3.63, 3.8) is 0 Å². The number of fused-ring (bicyclic) bond motifs is 1. The summed E-state index contributed by atoms with van der Waals surface area (Å²) in [6, 6.07) is 13.4. The summed E-state index contributed by atoms with van der Waals surface area (Å²) < 4.78 is 23.8. The van der Waals surface area contributed by atoms with Crippen molar-refractivity contribution >= 4 is 11.0 Å². The van der Waals surface area contributed by atoms with Gasteiger partial charge in [-0.25, -0.2) is 4.39 Å². The van der Waals surface area contributed by atoms with Crippen molar-refractivity contribution in [3.8, 4) is 5.75 Å². The first kappa shape index (κ1) is 15.5. The van der Waals surface area contributed by atoms with Crippen LogP contribution in [-0.2, 0) is 6.54 Å². The number of benzene rings is 2. The second-order valence-corrected chi connectivity index (χ2v) is 5.31. The van der Waals surface area contributed by atoms with Gasteiger partial charge in [0, 0.05) is 11.9 Å². The molecule has 1 unspecified atom stereocenters. The van der Waals surface area contributed by atoms with Crippen molar-refractivity contribution in [2.75, 3.05) is 13.7 Å². The Bertz CT molecular complexity index is 783. The van der Waals surface area contributed by atoms with Crippen LogP contribution < -0.4 is 10.1 Å². The number of hydrogen-bond donors (Lipinski definition) is 2. The zero-order valence-electron chi connectivity index (χ0n) is 12.8. The lowest BCUT2D eigenvalue weighted by atomic mass is 10.1. The van der Waals surface area contributed by atoms with Crippen LogP contribution in [0.1, 0.15) is 17.4 Å². The topological polar surface area (TPSA) is 54.6 Å². The Kier molecular flexibility index (Phi) is 4.60. The van der Waals surface area contributed by atoms with Crippen LogP contribution in [0.5, 0.6) is 5.75 Å². The van der Waals surface area contributed by atoms with E-state index in [2.05, 4.69) is 5.32 Å². The lowest BCUT2D eigenvalue weighted by Crippen LogP contribution is -2.20. The standard InChI is InChI=1S/C18H18FNO3/c1-22-15-6-7-18-13(8-15)9-16(23-18)10-20-11-17(21)12-2-4-14(19)5-3-12/h2-9,17,20-21H,10-11H2,1H3. The smallest absolute Gasteiger partial charge is 0.134 e. The van der Waals surface area contributed by atoms with Crippen molar-refractivity contribution in [2.24, 2.45) is 0 Å². The van der Waals surface area contributed by atoms with E-state index in [9.17, 15) is 9.50 Å². The molecule has 3 aromatic rings. The molecule has 120 valence electrons. The van der Waals surface area contributed by atoms with E-state index < -0.39 is 6.10 Å². The number of aliphatic hydroxyl groups excluding tert-OH is 1. The number of rotatable bonds is 6. The summed E-state index contributed by atoms with van der Waals surface area (Å²) in [5.74, 6) is 1.25. The van der Waals surface area contributed by atoms with Crippen molar-refractivity contribution in [3.05, 3.63) is 65.7 Å². The van der Waals surface area contributed by atoms with Gasteiger partial charge in [0.15, 0.2) is 0 Å². The molecule has 0 saturated heterocycles. The molecule has 2 aromatic carbocycles. The van der Waals surface area contributed by atoms with Gasteiger partial charge in [-0.1, -0.05) is 12.1 Å². The minimum absolute atomic E-state index is 0.313. The summed E-state index contributed by atoms with van der Waals surface area (Å²) in [4.78, 5) is 0. The van der Waals surface area contributed by atoms with Crippen molar-refractivity contribution in [1.82, 2.24) is 5.32 Å². The van der Waals surface area contributed by atoms with Gasteiger partial charge < -0.3 is 19.6 Å². The van der Waals surface area contributed by atoms with Crippen LogP contribution in [0.4, 0.5) is 4.39 Å². The number of furan rings is 1. The van der Waals surface area contributed by atoms with E-state index in [1.54, 1.807) is 19.2 Å². The SMILES string of the molecule is COc1ccc2oc(CNCC(O)c3ccc(F)cc3)cc2c1. The van der Waals surface area contributed by atoms with E-state index in [-0.39, 0.29) is 5.82 Å². The molecule has 0 aliphatic heterocycles. The quantitative estimate of drug-likeness (QED) is 0.732. The molecule has 2 N–H and O–H groups in total. The summed E-state index contributed by atoms with van der Waals surface area (Å²) in [6.45, 7) is 0.848. The Morgan fingerprint density at radius 2 is 1.96 bits per heavy atom. The minimum Gasteiger partial charge on any atom is -0.497 e. The molecule has 0 aliphatic rings. The van der Waals surface area contributed by atoms with Crippen LogP contribution in [0.3, 0.4) is 0 Å². The van der Waals surface area contributed by atoms with E-state index in [1.807, 2.05) is 24.3 Å². The van der Waals surface area contributed by atoms with Crippen molar-refractivity contribution in [2.45, 2.75) is 12.6 Å². The molecular formula is C18H18FNO3. The highest BCUT2D eigenvalue weighted by atomic mass is 19.1. The van der Waals surface area contributed by atoms with Crippen LogP contribution in [0.15, 0.2) is 52.9 Å². The molecule has 0 bridgehead atoms. The largest absolute Gasteiger partial charge is 0.497 e. The van der Waals surface area contributed by atoms with Crippen LogP contribution >= 0.6 is 0 Å². The fraction of sp³-hybridized carbons (Fsp3) is 0.222. The highest BCUT2D eigenvalue weighted by molar-refractivity contribution is 5.79. The predicted octanol–water partition coefficient (Wildman–Crippen LogP) is 3.40. The molecule has 5 heteroatoms. The molecular weight excluding hydrogens is 297 g/mol. The molecule has 0 spiro atoms. The van der Waals surface area contributed by atoms with Gasteiger partial charge in [0.25, 0.3) is 0 Å². The molecule has 1 aromatic heterocycles. The van der Waals surface area contributed by atoms with Gasteiger partial charge in [-0.15, -0.1) is 0 Å². The third kappa shape index (κ3) is 3.70. The number of halogens is 1. The average molecular weight is 315 g/mol. The van der Waals surface area contributed by atoms with Gasteiger partial charge in [0.2, 0.25) is 0 Å². The van der Waals surface area contributed by atoms with Gasteiger partial charge in [-0.3, -0.25) is 0 Å². The van der Waals surface area contributed by atoms with Gasteiger partial charge >= 0.3 is 0 Å². The zero-order chi connectivity index (χ0) is 16.2. The molecule has 1 atom stereocenters. The first-order valence-corrected chi connectivity index (χ1v) is 7.36. The Labute approximate surface area is 133 Å². The third-order valence-corrected chi connectivity index (χ3v) is 3.67. The Morgan fingerprint density at radius 1 is 1.17 bits per heavy atom. The van der Waals surface area contributed by atoms with Crippen LogP contribution in [0, 0.1) is 5.82 Å². The van der Waals surface area contributed by atoms with Crippen molar-refractivity contribution in [1.29, 1.82) is 0 Å². The number of aliphatic hydroxyl groups is 1. The monoisotopic (exact) mass is 315 g/mol. The summed E-state index contributed by atoms with van der Waals surface area (Å²) in [7, 11) is 1.63. The van der Waals surface area contributed by atoms with E-state index in [1.165, 1.54) is 12.1 Å². The van der Waals surface area contributed by atoms with Crippen LogP contribution in [0.25, 0.3) is 11.0 Å². The first-order chi connectivity index (χ1) is 11.2. The molecule has 0 radical (unpaired) electrons. The average Bonchev–Trinajstić information content (AvgIpc) is 2.97. The summed E-state index contributed by atoms with van der Waals surface area (Å²) in [6.07, 6.45) is -0.694. The summed E-state index contributed by atoms with van der Waals surface area (Å²) in [5, 5.41) is 14.2. The first-order valence-electron chi connectivity index (χ1n) is 7.36. The zero-order valence-corrected chi connectivity index (χ0v) is 12.8. The normalized spacial score (nSPS) is 12.5. The summed E-state index contributed by atoms with van der Waals surface area (Å²) >= 11 is 0. The van der Waals surface area contributed by atoms with Crippen LogP contribution in [-0.4, -0.2) is 18.8 Å². The van der Waals surface area contributed by atoms with E-state index in [0.29, 0.717) is 18.7 Å². The van der Waals surface area contributed by atoms with Gasteiger partial charge in [-0.05, 0) is 42.0 Å². The van der Waals surface area contributed by atoms with Gasteiger partial charge in [-0.2, -0.15) is 0 Å². The second kappa shape index (κ2) is 6.81. The number of methoxy groups -OCH3 is 1. The number of ether oxygens (including phenoxy) is 1. The highest BCUT2D eigenvalue weighted by Crippen LogP contribution is 2.24. The van der Waals surface area contributed by atoms with E-state index in [0.717, 1.165) is 22.5 Å². The molecule has 3 rings (SSSR count). The molecule has 4 nitrogen and oxygen atoms in total. The number of nitrogens with one attached hydrogen (secondary N) is 1. The second-order valence-electron chi connectivity index (χ2n) is 5.31. The maximum Gasteiger partial charge on any atom is 0.134 e. The molecule has 0 fully saturated rings. The lowest BCUT2D eigenvalue weighted by Gasteiger charge is -2.11. The fourth-order valence-electron chi connectivity index (χ4n) is 2.43. The summed E-state index contributed by atoms with van der Waals surface area (Å²) in [5.41, 5.74) is 1.47. The van der Waals surface area contributed by atoms with Crippen LogP contribution in [0.2, 0.25) is 0 Å². The Balaban J connectivity index is 1.58. The van der Waals surface area contributed by atoms with Crippen molar-refractivity contribution < 1.29 is 18.7 Å². The predicted molar refractivity (Wildman–Crippen MR) is 85.8 cm³/mol. The molecule has 23 heavy (non-hydrogen) atoms. The Hall–Kier alpha value is -2.37. The highest BCUT2D eigenvalue weighted by Gasteiger charge is 2.09. The molecule has 0 aliphatic carbocycles. The molecule has 1 heterocycles. The number of hydrogen-bond acceptors (Lipinski definition) is 4. The molecule has 0 saturated carbocycles. The third-order valence-electron chi connectivity index (χ3n) is 3.67. The van der Waals surface area contributed by atoms with E-state index >= 15 is 0 Å². The van der Waals surface area contributed by atoms with Gasteiger partial charge in [0.1, 0.15) is 22.9 Å². The minimum atomic E-state index is -0.694.